The van der Waals surface area contributed by atoms with E-state index in [2.05, 4.69) is 45.8 Å². The lowest BCUT2D eigenvalue weighted by molar-refractivity contribution is -0.113. The van der Waals surface area contributed by atoms with Crippen LogP contribution in [0, 0.1) is 0 Å². The van der Waals surface area contributed by atoms with Crippen molar-refractivity contribution in [3.8, 4) is 0 Å². The normalized spacial score (nSPS) is 11.0. The van der Waals surface area contributed by atoms with Gasteiger partial charge in [-0.05, 0) is 18.6 Å². The predicted octanol–water partition coefficient (Wildman–Crippen LogP) is 3.59. The number of pyridine rings is 1. The number of anilines is 1. The average Bonchev–Trinajstić information content (AvgIpc) is 2.91. The topological polar surface area (TPSA) is 72.7 Å². The zero-order valence-electron chi connectivity index (χ0n) is 13.4. The third-order valence-electron chi connectivity index (χ3n) is 3.04. The van der Waals surface area contributed by atoms with E-state index in [1.54, 1.807) is 12.1 Å². The number of rotatable bonds is 7. The van der Waals surface area contributed by atoms with Gasteiger partial charge in [-0.3, -0.25) is 4.79 Å². The van der Waals surface area contributed by atoms with Crippen LogP contribution in [0.5, 0.6) is 0 Å². The first-order chi connectivity index (χ1) is 11.0. The van der Waals surface area contributed by atoms with Crippen molar-refractivity contribution in [1.29, 1.82) is 0 Å². The van der Waals surface area contributed by atoms with E-state index < -0.39 is 0 Å². The van der Waals surface area contributed by atoms with Crippen molar-refractivity contribution in [2.45, 2.75) is 44.8 Å². The second-order valence-electron chi connectivity index (χ2n) is 5.35. The molecule has 2 rings (SSSR count). The lowest BCUT2D eigenvalue weighted by Gasteiger charge is -2.10. The fourth-order valence-electron chi connectivity index (χ4n) is 2.03. The fraction of sp³-hybridized carbons (Fsp3) is 0.467. The van der Waals surface area contributed by atoms with Gasteiger partial charge in [0.1, 0.15) is 11.6 Å². The van der Waals surface area contributed by atoms with E-state index >= 15 is 0 Å². The molecule has 0 bridgehead atoms. The maximum Gasteiger partial charge on any atom is 0.236 e. The van der Waals surface area contributed by atoms with Crippen LogP contribution < -0.4 is 5.32 Å². The maximum atomic E-state index is 12.0. The second kappa shape index (κ2) is 8.31. The molecule has 2 aromatic rings. The SMILES string of the molecule is CCCn1c(SCC(=O)Nc2ccc(Cl)cn2)nnc1C(C)C. The first kappa shape index (κ1) is 17.7. The van der Waals surface area contributed by atoms with E-state index in [0.29, 0.717) is 16.8 Å². The minimum atomic E-state index is -0.137. The predicted molar refractivity (Wildman–Crippen MR) is 93.0 cm³/mol. The number of halogens is 1. The lowest BCUT2D eigenvalue weighted by atomic mass is 10.2. The molecule has 0 saturated heterocycles. The Morgan fingerprint density at radius 2 is 2.17 bits per heavy atom. The van der Waals surface area contributed by atoms with Crippen molar-refractivity contribution in [3.63, 3.8) is 0 Å². The third-order valence-corrected chi connectivity index (χ3v) is 4.23. The van der Waals surface area contributed by atoms with E-state index in [1.807, 2.05) is 0 Å². The van der Waals surface area contributed by atoms with Gasteiger partial charge in [0.15, 0.2) is 5.16 Å². The summed E-state index contributed by atoms with van der Waals surface area (Å²) in [6, 6.07) is 3.35. The van der Waals surface area contributed by atoms with Crippen molar-refractivity contribution in [3.05, 3.63) is 29.2 Å². The van der Waals surface area contributed by atoms with Crippen LogP contribution in [0.4, 0.5) is 5.82 Å². The Morgan fingerprint density at radius 3 is 2.78 bits per heavy atom. The largest absolute Gasteiger partial charge is 0.310 e. The van der Waals surface area contributed by atoms with Crippen LogP contribution in [0.1, 0.15) is 38.9 Å². The van der Waals surface area contributed by atoms with Crippen LogP contribution in [0.25, 0.3) is 0 Å². The third kappa shape index (κ3) is 4.94. The molecule has 2 heterocycles. The molecule has 2 aromatic heterocycles. The van der Waals surface area contributed by atoms with Gasteiger partial charge in [-0.2, -0.15) is 0 Å². The summed E-state index contributed by atoms with van der Waals surface area (Å²) >= 11 is 7.15. The van der Waals surface area contributed by atoms with E-state index in [0.717, 1.165) is 23.9 Å². The number of thioether (sulfide) groups is 1. The van der Waals surface area contributed by atoms with Crippen molar-refractivity contribution in [2.75, 3.05) is 11.1 Å². The summed E-state index contributed by atoms with van der Waals surface area (Å²) in [4.78, 5) is 16.1. The summed E-state index contributed by atoms with van der Waals surface area (Å²) in [5, 5.41) is 12.5. The number of hydrogen-bond donors (Lipinski definition) is 1. The van der Waals surface area contributed by atoms with Gasteiger partial charge in [0.05, 0.1) is 10.8 Å². The zero-order valence-corrected chi connectivity index (χ0v) is 15.0. The highest BCUT2D eigenvalue weighted by Crippen LogP contribution is 2.22. The van der Waals surface area contributed by atoms with Gasteiger partial charge >= 0.3 is 0 Å². The molecule has 0 radical (unpaired) electrons. The minimum absolute atomic E-state index is 0.137. The number of nitrogens with one attached hydrogen (secondary N) is 1. The van der Waals surface area contributed by atoms with Gasteiger partial charge in [-0.25, -0.2) is 4.98 Å². The van der Waals surface area contributed by atoms with Crippen LogP contribution >= 0.6 is 23.4 Å². The number of carbonyl (C=O) groups excluding carboxylic acids is 1. The molecule has 0 aromatic carbocycles. The average molecular weight is 354 g/mol. The van der Waals surface area contributed by atoms with Crippen LogP contribution in [0.2, 0.25) is 5.02 Å². The van der Waals surface area contributed by atoms with Gasteiger partial charge in [0, 0.05) is 18.7 Å². The fourth-order valence-corrected chi connectivity index (χ4v) is 2.91. The number of hydrogen-bond acceptors (Lipinski definition) is 5. The highest BCUT2D eigenvalue weighted by atomic mass is 35.5. The van der Waals surface area contributed by atoms with E-state index in [-0.39, 0.29) is 11.7 Å². The summed E-state index contributed by atoms with van der Waals surface area (Å²) < 4.78 is 2.09. The van der Waals surface area contributed by atoms with Gasteiger partial charge < -0.3 is 9.88 Å². The number of carbonyl (C=O) groups is 1. The van der Waals surface area contributed by atoms with Crippen molar-refractivity contribution in [2.24, 2.45) is 0 Å². The van der Waals surface area contributed by atoms with Crippen molar-refractivity contribution in [1.82, 2.24) is 19.7 Å². The van der Waals surface area contributed by atoms with Gasteiger partial charge in [-0.1, -0.05) is 44.1 Å². The molecule has 0 aliphatic heterocycles. The van der Waals surface area contributed by atoms with Crippen LogP contribution in [-0.4, -0.2) is 31.4 Å². The molecule has 0 unspecified atom stereocenters. The molecular formula is C15H20ClN5OS. The molecule has 1 amide bonds. The standard InChI is InChI=1S/C15H20ClN5OS/c1-4-7-21-14(10(2)3)19-20-15(21)23-9-13(22)18-12-6-5-11(16)8-17-12/h5-6,8,10H,4,7,9H2,1-3H3,(H,17,18,22). The van der Waals surface area contributed by atoms with Gasteiger partial charge in [0.25, 0.3) is 0 Å². The first-order valence-electron chi connectivity index (χ1n) is 7.48. The van der Waals surface area contributed by atoms with Gasteiger partial charge in [-0.15, -0.1) is 10.2 Å². The van der Waals surface area contributed by atoms with Crippen LogP contribution in [-0.2, 0) is 11.3 Å². The lowest BCUT2D eigenvalue weighted by Crippen LogP contribution is -2.15. The monoisotopic (exact) mass is 353 g/mol. The molecule has 0 spiro atoms. The summed E-state index contributed by atoms with van der Waals surface area (Å²) in [5.74, 6) is 1.86. The first-order valence-corrected chi connectivity index (χ1v) is 8.85. The molecule has 124 valence electrons. The maximum absolute atomic E-state index is 12.0. The molecule has 0 aliphatic rings. The number of nitrogens with zero attached hydrogens (tertiary/aromatic N) is 4. The Labute approximate surface area is 145 Å². The van der Waals surface area contributed by atoms with E-state index in [9.17, 15) is 4.79 Å². The summed E-state index contributed by atoms with van der Waals surface area (Å²) in [6.45, 7) is 7.13. The molecule has 0 fully saturated rings. The molecule has 6 nitrogen and oxygen atoms in total. The summed E-state index contributed by atoms with van der Waals surface area (Å²) in [7, 11) is 0. The Hall–Kier alpha value is -1.60. The highest BCUT2D eigenvalue weighted by Gasteiger charge is 2.16. The quantitative estimate of drug-likeness (QED) is 0.770. The minimum Gasteiger partial charge on any atom is -0.310 e. The summed E-state index contributed by atoms with van der Waals surface area (Å²) in [6.07, 6.45) is 2.49. The summed E-state index contributed by atoms with van der Waals surface area (Å²) in [5.41, 5.74) is 0. The smallest absolute Gasteiger partial charge is 0.236 e. The number of amides is 1. The Kier molecular flexibility index (Phi) is 6.41. The molecule has 0 atom stereocenters. The van der Waals surface area contributed by atoms with Crippen molar-refractivity contribution >= 4 is 35.1 Å². The highest BCUT2D eigenvalue weighted by molar-refractivity contribution is 7.99. The molecule has 23 heavy (non-hydrogen) atoms. The Bertz CT molecular complexity index is 656. The molecule has 8 heteroatoms. The molecule has 1 N–H and O–H groups in total. The van der Waals surface area contributed by atoms with E-state index in [1.165, 1.54) is 18.0 Å². The second-order valence-corrected chi connectivity index (χ2v) is 6.72. The zero-order chi connectivity index (χ0) is 16.8. The van der Waals surface area contributed by atoms with Crippen LogP contribution in [0.3, 0.4) is 0 Å². The van der Waals surface area contributed by atoms with E-state index in [4.69, 9.17) is 11.6 Å². The Morgan fingerprint density at radius 1 is 1.39 bits per heavy atom. The van der Waals surface area contributed by atoms with Crippen LogP contribution in [0.15, 0.2) is 23.5 Å². The van der Waals surface area contributed by atoms with Crippen molar-refractivity contribution < 1.29 is 4.79 Å². The number of aromatic nitrogens is 4. The molecule has 0 saturated carbocycles. The molecule has 0 aliphatic carbocycles. The Balaban J connectivity index is 1.97. The molecular weight excluding hydrogens is 334 g/mol. The van der Waals surface area contributed by atoms with Gasteiger partial charge in [0.2, 0.25) is 5.91 Å².